The number of rotatable bonds is 3. The van der Waals surface area contributed by atoms with E-state index in [0.29, 0.717) is 16.1 Å². The summed E-state index contributed by atoms with van der Waals surface area (Å²) >= 11 is 0.171. The summed E-state index contributed by atoms with van der Waals surface area (Å²) < 4.78 is 18.7. The fourth-order valence-electron chi connectivity index (χ4n) is 2.88. The second-order valence-corrected chi connectivity index (χ2v) is 7.92. The van der Waals surface area contributed by atoms with E-state index in [1.807, 2.05) is 0 Å². The number of halogens is 1. The van der Waals surface area contributed by atoms with E-state index in [4.69, 9.17) is 14.2 Å². The van der Waals surface area contributed by atoms with Crippen molar-refractivity contribution in [3.63, 3.8) is 0 Å². The molecule has 0 aromatic carbocycles. The van der Waals surface area contributed by atoms with E-state index < -0.39 is 0 Å². The summed E-state index contributed by atoms with van der Waals surface area (Å²) in [5.41, 5.74) is 0. The Morgan fingerprint density at radius 2 is 1.94 bits per heavy atom. The Morgan fingerprint density at radius 3 is 2.75 bits per heavy atom. The summed E-state index contributed by atoms with van der Waals surface area (Å²) in [6.07, 6.45) is 3.01. The third-order valence-corrected chi connectivity index (χ3v) is 6.74. The first-order valence-corrected chi connectivity index (χ1v) is 9.00. The number of hydrogen-bond donors (Lipinski definition) is 0. The Bertz CT molecular complexity index is 248. The zero-order valence-corrected chi connectivity index (χ0v) is 11.9. The molecular formula is C12H20IO3-. The van der Waals surface area contributed by atoms with Crippen LogP contribution in [0.5, 0.6) is 0 Å². The first-order chi connectivity index (χ1) is 7.84. The number of ether oxygens (including phenoxy) is 3. The fraction of sp³-hybridized carbons (Fsp3) is 1.00. The average molecular weight is 339 g/mol. The van der Waals surface area contributed by atoms with Crippen molar-refractivity contribution in [2.24, 2.45) is 17.8 Å². The predicted octanol–water partition coefficient (Wildman–Crippen LogP) is -1.53. The van der Waals surface area contributed by atoms with Gasteiger partial charge in [-0.2, -0.15) is 0 Å². The SMILES string of the molecule is C[C@@H]1COC[C@H]1CC[C@@H]1COC2[I-]COC21. The molecule has 16 heavy (non-hydrogen) atoms. The standard InChI is InChI=1S/C12H20IO3/c1-8-4-14-5-9(8)2-3-10-6-15-12-11(10)16-7-13-12/h8-12H,2-7H2,1H3/q-1/t8-,9-,10-,11?,12?/m1/s1. The van der Waals surface area contributed by atoms with E-state index in [1.54, 1.807) is 0 Å². The van der Waals surface area contributed by atoms with Gasteiger partial charge in [0.15, 0.2) is 0 Å². The summed E-state index contributed by atoms with van der Waals surface area (Å²) in [7, 11) is 0. The van der Waals surface area contributed by atoms with Crippen molar-refractivity contribution in [1.82, 2.24) is 0 Å². The first-order valence-electron chi connectivity index (χ1n) is 6.23. The van der Waals surface area contributed by atoms with Crippen molar-refractivity contribution in [3.05, 3.63) is 0 Å². The molecule has 3 heterocycles. The van der Waals surface area contributed by atoms with E-state index in [-0.39, 0.29) is 21.2 Å². The monoisotopic (exact) mass is 339 g/mol. The summed E-state index contributed by atoms with van der Waals surface area (Å²) in [6, 6.07) is 0. The van der Waals surface area contributed by atoms with Gasteiger partial charge in [0.2, 0.25) is 0 Å². The van der Waals surface area contributed by atoms with Crippen LogP contribution >= 0.6 is 0 Å². The average Bonchev–Trinajstić information content (AvgIpc) is 2.92. The van der Waals surface area contributed by atoms with Crippen molar-refractivity contribution >= 4 is 0 Å². The van der Waals surface area contributed by atoms with Gasteiger partial charge in [0, 0.05) is 0 Å². The molecule has 5 atom stereocenters. The van der Waals surface area contributed by atoms with Crippen LogP contribution in [0.4, 0.5) is 0 Å². The van der Waals surface area contributed by atoms with Crippen molar-refractivity contribution in [2.75, 3.05) is 24.4 Å². The molecule has 4 heteroatoms. The number of alkyl halides is 2. The Hall–Kier alpha value is 0.610. The van der Waals surface area contributed by atoms with Gasteiger partial charge in [0.05, 0.1) is 0 Å². The van der Waals surface area contributed by atoms with Crippen LogP contribution in [0.2, 0.25) is 0 Å². The van der Waals surface area contributed by atoms with Gasteiger partial charge in [0.25, 0.3) is 0 Å². The molecule has 3 fully saturated rings. The molecule has 0 radical (unpaired) electrons. The van der Waals surface area contributed by atoms with Crippen LogP contribution in [0.3, 0.4) is 0 Å². The van der Waals surface area contributed by atoms with Gasteiger partial charge < -0.3 is 0 Å². The van der Waals surface area contributed by atoms with Gasteiger partial charge in [0.1, 0.15) is 0 Å². The van der Waals surface area contributed by atoms with E-state index in [0.717, 1.165) is 36.3 Å². The van der Waals surface area contributed by atoms with Crippen LogP contribution in [0.25, 0.3) is 0 Å². The molecule has 3 nitrogen and oxygen atoms in total. The normalized spacial score (nSPS) is 47.9. The molecule has 0 spiro atoms. The van der Waals surface area contributed by atoms with Crippen LogP contribution in [0.15, 0.2) is 0 Å². The van der Waals surface area contributed by atoms with Crippen molar-refractivity contribution in [3.8, 4) is 0 Å². The molecule has 3 saturated heterocycles. The topological polar surface area (TPSA) is 27.7 Å². The second-order valence-electron chi connectivity index (χ2n) is 5.19. The zero-order valence-electron chi connectivity index (χ0n) is 9.73. The number of fused-ring (bicyclic) bond motifs is 1. The minimum absolute atomic E-state index is 0.171. The van der Waals surface area contributed by atoms with Gasteiger partial charge in [-0.15, -0.1) is 0 Å². The Balaban J connectivity index is 1.48. The molecule has 94 valence electrons. The molecule has 0 aliphatic carbocycles. The van der Waals surface area contributed by atoms with Crippen molar-refractivity contribution in [2.45, 2.75) is 30.0 Å². The summed E-state index contributed by atoms with van der Waals surface area (Å²) in [6.45, 7) is 5.18. The number of hydrogen-bond acceptors (Lipinski definition) is 3. The van der Waals surface area contributed by atoms with Crippen molar-refractivity contribution < 1.29 is 35.4 Å². The Kier molecular flexibility index (Phi) is 3.71. The van der Waals surface area contributed by atoms with Crippen molar-refractivity contribution in [1.29, 1.82) is 0 Å². The fourth-order valence-corrected chi connectivity index (χ4v) is 5.62. The third kappa shape index (κ3) is 2.26. The van der Waals surface area contributed by atoms with E-state index in [2.05, 4.69) is 6.92 Å². The third-order valence-electron chi connectivity index (χ3n) is 4.09. The molecule has 3 aliphatic rings. The molecule has 0 saturated carbocycles. The van der Waals surface area contributed by atoms with Crippen LogP contribution in [0.1, 0.15) is 19.8 Å². The zero-order chi connectivity index (χ0) is 11.0. The van der Waals surface area contributed by atoms with Gasteiger partial charge in [-0.1, -0.05) is 0 Å². The van der Waals surface area contributed by atoms with Gasteiger partial charge in [-0.05, 0) is 0 Å². The van der Waals surface area contributed by atoms with E-state index >= 15 is 0 Å². The maximum atomic E-state index is 5.82. The second kappa shape index (κ2) is 5.08. The molecule has 0 aromatic heterocycles. The molecule has 3 rings (SSSR count). The van der Waals surface area contributed by atoms with Gasteiger partial charge in [-0.3, -0.25) is 0 Å². The first kappa shape index (κ1) is 11.7. The molecule has 3 aliphatic heterocycles. The summed E-state index contributed by atoms with van der Waals surface area (Å²) in [5.74, 6) is 2.19. The molecule has 2 unspecified atom stereocenters. The molecule has 0 bridgehead atoms. The van der Waals surface area contributed by atoms with Crippen LogP contribution in [0, 0.1) is 17.8 Å². The van der Waals surface area contributed by atoms with Crippen LogP contribution < -0.4 is 21.2 Å². The molecule has 0 N–H and O–H groups in total. The predicted molar refractivity (Wildman–Crippen MR) is 55.7 cm³/mol. The molecular weight excluding hydrogens is 319 g/mol. The van der Waals surface area contributed by atoms with E-state index in [1.165, 1.54) is 12.8 Å². The Morgan fingerprint density at radius 1 is 1.06 bits per heavy atom. The molecule has 0 amide bonds. The maximum absolute atomic E-state index is 5.82. The quantitative estimate of drug-likeness (QED) is 0.461. The summed E-state index contributed by atoms with van der Waals surface area (Å²) in [4.78, 5) is 0. The van der Waals surface area contributed by atoms with E-state index in [9.17, 15) is 0 Å². The van der Waals surface area contributed by atoms with Gasteiger partial charge >= 0.3 is 108 Å². The summed E-state index contributed by atoms with van der Waals surface area (Å²) in [5, 5.41) is 0. The Labute approximate surface area is 107 Å². The van der Waals surface area contributed by atoms with Crippen LogP contribution in [-0.4, -0.2) is 34.6 Å². The molecule has 0 aromatic rings. The minimum atomic E-state index is 0.171. The van der Waals surface area contributed by atoms with Crippen LogP contribution in [-0.2, 0) is 14.2 Å². The van der Waals surface area contributed by atoms with Gasteiger partial charge in [-0.25, -0.2) is 0 Å².